The molecule has 0 saturated heterocycles. The molecule has 94 valence electrons. The van der Waals surface area contributed by atoms with Gasteiger partial charge in [-0.05, 0) is 59.3 Å². The Morgan fingerprint density at radius 1 is 1.35 bits per heavy atom. The van der Waals surface area contributed by atoms with E-state index in [1.54, 1.807) is 14.2 Å². The second-order valence-corrected chi connectivity index (χ2v) is 5.55. The van der Waals surface area contributed by atoms with Gasteiger partial charge in [-0.15, -0.1) is 0 Å². The number of aryl methyl sites for hydroxylation is 1. The fraction of sp³-hybridized carbons (Fsp3) is 0.538. The molecule has 1 fully saturated rings. The Morgan fingerprint density at radius 2 is 2.00 bits per heavy atom. The lowest BCUT2D eigenvalue weighted by Crippen LogP contribution is -2.25. The van der Waals surface area contributed by atoms with E-state index in [1.807, 2.05) is 6.07 Å². The van der Waals surface area contributed by atoms with Crippen LogP contribution in [0.1, 0.15) is 24.0 Å². The van der Waals surface area contributed by atoms with Crippen LogP contribution >= 0.6 is 15.9 Å². The SMILES string of the molecule is COc1cc(C)c(CC2(N)CC2)c(Br)c1OC. The molecular formula is C13H18BrNO2. The van der Waals surface area contributed by atoms with Crippen molar-refractivity contribution in [3.63, 3.8) is 0 Å². The van der Waals surface area contributed by atoms with Crippen LogP contribution < -0.4 is 15.2 Å². The first-order chi connectivity index (χ1) is 8.00. The van der Waals surface area contributed by atoms with Crippen molar-refractivity contribution in [2.75, 3.05) is 14.2 Å². The summed E-state index contributed by atoms with van der Waals surface area (Å²) in [6, 6.07) is 2.00. The summed E-state index contributed by atoms with van der Waals surface area (Å²) in [6.07, 6.45) is 3.10. The summed E-state index contributed by atoms with van der Waals surface area (Å²) < 4.78 is 11.7. The van der Waals surface area contributed by atoms with Crippen LogP contribution in [0.2, 0.25) is 0 Å². The molecule has 0 spiro atoms. The number of rotatable bonds is 4. The van der Waals surface area contributed by atoms with E-state index in [0.717, 1.165) is 35.2 Å². The lowest BCUT2D eigenvalue weighted by molar-refractivity contribution is 0.352. The Hall–Kier alpha value is -0.740. The zero-order valence-corrected chi connectivity index (χ0v) is 12.1. The molecule has 1 aliphatic carbocycles. The largest absolute Gasteiger partial charge is 0.493 e. The third-order valence-electron chi connectivity index (χ3n) is 3.36. The van der Waals surface area contributed by atoms with Crippen molar-refractivity contribution in [3.05, 3.63) is 21.7 Å². The van der Waals surface area contributed by atoms with E-state index < -0.39 is 0 Å². The number of halogens is 1. The van der Waals surface area contributed by atoms with Gasteiger partial charge in [0.1, 0.15) is 0 Å². The fourth-order valence-electron chi connectivity index (χ4n) is 2.02. The van der Waals surface area contributed by atoms with Crippen LogP contribution in [0.25, 0.3) is 0 Å². The highest BCUT2D eigenvalue weighted by molar-refractivity contribution is 9.10. The molecule has 1 aliphatic rings. The van der Waals surface area contributed by atoms with E-state index >= 15 is 0 Å². The molecule has 2 rings (SSSR count). The molecule has 0 aliphatic heterocycles. The predicted octanol–water partition coefficient (Wildman–Crippen LogP) is 2.81. The van der Waals surface area contributed by atoms with Crippen molar-refractivity contribution >= 4 is 15.9 Å². The molecule has 0 amide bonds. The van der Waals surface area contributed by atoms with E-state index in [1.165, 1.54) is 11.1 Å². The number of hydrogen-bond donors (Lipinski definition) is 1. The standard InChI is InChI=1S/C13H18BrNO2/c1-8-6-10(16-2)12(17-3)11(14)9(8)7-13(15)4-5-13/h6H,4-5,7,15H2,1-3H3. The third kappa shape index (κ3) is 2.43. The average molecular weight is 300 g/mol. The molecule has 0 radical (unpaired) electrons. The first kappa shape index (κ1) is 12.7. The van der Waals surface area contributed by atoms with Gasteiger partial charge in [-0.25, -0.2) is 0 Å². The van der Waals surface area contributed by atoms with Crippen LogP contribution in [0.15, 0.2) is 10.5 Å². The molecule has 0 bridgehead atoms. The topological polar surface area (TPSA) is 44.5 Å². The lowest BCUT2D eigenvalue weighted by Gasteiger charge is -2.18. The summed E-state index contributed by atoms with van der Waals surface area (Å²) in [4.78, 5) is 0. The molecule has 4 heteroatoms. The molecule has 1 aromatic carbocycles. The first-order valence-electron chi connectivity index (χ1n) is 5.69. The summed E-state index contributed by atoms with van der Waals surface area (Å²) in [7, 11) is 3.30. The van der Waals surface area contributed by atoms with Crippen LogP contribution in [-0.2, 0) is 6.42 Å². The Bertz CT molecular complexity index is 442. The molecule has 0 heterocycles. The molecule has 1 saturated carbocycles. The van der Waals surface area contributed by atoms with Gasteiger partial charge < -0.3 is 15.2 Å². The van der Waals surface area contributed by atoms with Crippen molar-refractivity contribution in [2.24, 2.45) is 5.73 Å². The third-order valence-corrected chi connectivity index (χ3v) is 4.20. The normalized spacial score (nSPS) is 16.8. The molecule has 0 atom stereocenters. The quantitative estimate of drug-likeness (QED) is 0.930. The van der Waals surface area contributed by atoms with Crippen LogP contribution in [0.3, 0.4) is 0 Å². The Balaban J connectivity index is 2.44. The van der Waals surface area contributed by atoms with E-state index in [-0.39, 0.29) is 5.54 Å². The van der Waals surface area contributed by atoms with Crippen LogP contribution in [0, 0.1) is 6.92 Å². The molecular weight excluding hydrogens is 282 g/mol. The predicted molar refractivity (Wildman–Crippen MR) is 71.8 cm³/mol. The molecule has 0 aromatic heterocycles. The van der Waals surface area contributed by atoms with E-state index in [2.05, 4.69) is 22.9 Å². The highest BCUT2D eigenvalue weighted by Gasteiger charge is 2.39. The Kier molecular flexibility index (Phi) is 3.36. The van der Waals surface area contributed by atoms with Crippen LogP contribution in [0.4, 0.5) is 0 Å². The lowest BCUT2D eigenvalue weighted by atomic mass is 9.99. The van der Waals surface area contributed by atoms with Crippen LogP contribution in [-0.4, -0.2) is 19.8 Å². The smallest absolute Gasteiger partial charge is 0.175 e. The minimum absolute atomic E-state index is 0.00706. The van der Waals surface area contributed by atoms with Crippen molar-refractivity contribution in [1.82, 2.24) is 0 Å². The molecule has 3 nitrogen and oxygen atoms in total. The van der Waals surface area contributed by atoms with Crippen molar-refractivity contribution < 1.29 is 9.47 Å². The minimum atomic E-state index is -0.00706. The molecule has 1 aromatic rings. The van der Waals surface area contributed by atoms with Crippen molar-refractivity contribution in [1.29, 1.82) is 0 Å². The summed E-state index contributed by atoms with van der Waals surface area (Å²) in [5.74, 6) is 1.50. The van der Waals surface area contributed by atoms with E-state index in [4.69, 9.17) is 15.2 Å². The second-order valence-electron chi connectivity index (χ2n) is 4.76. The summed E-state index contributed by atoms with van der Waals surface area (Å²) in [6.45, 7) is 2.08. The fourth-order valence-corrected chi connectivity index (χ4v) is 2.83. The second kappa shape index (κ2) is 4.50. The summed E-state index contributed by atoms with van der Waals surface area (Å²) in [5.41, 5.74) is 8.59. The zero-order valence-electron chi connectivity index (χ0n) is 10.5. The Morgan fingerprint density at radius 3 is 2.47 bits per heavy atom. The zero-order chi connectivity index (χ0) is 12.6. The van der Waals surface area contributed by atoms with Gasteiger partial charge in [0.15, 0.2) is 11.5 Å². The minimum Gasteiger partial charge on any atom is -0.493 e. The maximum Gasteiger partial charge on any atom is 0.175 e. The number of benzene rings is 1. The van der Waals surface area contributed by atoms with Gasteiger partial charge in [0.05, 0.1) is 18.7 Å². The Labute approximate surface area is 110 Å². The first-order valence-corrected chi connectivity index (χ1v) is 6.49. The van der Waals surface area contributed by atoms with Crippen LogP contribution in [0.5, 0.6) is 11.5 Å². The average Bonchev–Trinajstić information content (AvgIpc) is 3.02. The maximum atomic E-state index is 6.19. The highest BCUT2D eigenvalue weighted by atomic mass is 79.9. The van der Waals surface area contributed by atoms with E-state index in [0.29, 0.717) is 0 Å². The van der Waals surface area contributed by atoms with Gasteiger partial charge in [-0.2, -0.15) is 0 Å². The van der Waals surface area contributed by atoms with Gasteiger partial charge in [0.25, 0.3) is 0 Å². The maximum absolute atomic E-state index is 6.19. The molecule has 17 heavy (non-hydrogen) atoms. The van der Waals surface area contributed by atoms with Gasteiger partial charge >= 0.3 is 0 Å². The van der Waals surface area contributed by atoms with E-state index in [9.17, 15) is 0 Å². The molecule has 2 N–H and O–H groups in total. The summed E-state index contributed by atoms with van der Waals surface area (Å²) in [5, 5.41) is 0. The number of hydrogen-bond acceptors (Lipinski definition) is 3. The van der Waals surface area contributed by atoms with Crippen molar-refractivity contribution in [2.45, 2.75) is 31.7 Å². The van der Waals surface area contributed by atoms with Gasteiger partial charge in [0, 0.05) is 5.54 Å². The monoisotopic (exact) mass is 299 g/mol. The summed E-state index contributed by atoms with van der Waals surface area (Å²) >= 11 is 3.60. The van der Waals surface area contributed by atoms with Gasteiger partial charge in [-0.1, -0.05) is 0 Å². The van der Waals surface area contributed by atoms with Gasteiger partial charge in [0.2, 0.25) is 0 Å². The highest BCUT2D eigenvalue weighted by Crippen LogP contribution is 2.44. The number of methoxy groups -OCH3 is 2. The van der Waals surface area contributed by atoms with Gasteiger partial charge in [-0.3, -0.25) is 0 Å². The number of ether oxygens (including phenoxy) is 2. The molecule has 0 unspecified atom stereocenters. The number of nitrogens with two attached hydrogens (primary N) is 1. The van der Waals surface area contributed by atoms with Crippen molar-refractivity contribution in [3.8, 4) is 11.5 Å².